The lowest BCUT2D eigenvalue weighted by Crippen LogP contribution is -2.50. The standard InChI is InChI=1S/C10H15O2P/c11-13-12-10-4-7-1-8(5-10)3-9(2-7)6-10/h7-9H,1-6H2. The minimum Gasteiger partial charge on any atom is -0.288 e. The van der Waals surface area contributed by atoms with Gasteiger partial charge in [0.15, 0.2) is 0 Å². The fourth-order valence-electron chi connectivity index (χ4n) is 4.22. The lowest BCUT2D eigenvalue weighted by Gasteiger charge is -2.55. The molecule has 0 heterocycles. The summed E-state index contributed by atoms with van der Waals surface area (Å²) in [6, 6.07) is 0. The predicted octanol–water partition coefficient (Wildman–Crippen LogP) is 3.18. The monoisotopic (exact) mass is 198 g/mol. The third kappa shape index (κ3) is 1.27. The normalized spacial score (nSPS) is 53.1. The second kappa shape index (κ2) is 2.77. The van der Waals surface area contributed by atoms with Crippen molar-refractivity contribution in [3.8, 4) is 0 Å². The van der Waals surface area contributed by atoms with E-state index < -0.39 is 0 Å². The fourth-order valence-corrected chi connectivity index (χ4v) is 4.60. The molecule has 13 heavy (non-hydrogen) atoms. The molecule has 0 aliphatic heterocycles. The molecule has 0 atom stereocenters. The predicted molar refractivity (Wildman–Crippen MR) is 49.6 cm³/mol. The Labute approximate surface area is 80.3 Å². The van der Waals surface area contributed by atoms with Gasteiger partial charge in [0.2, 0.25) is 0 Å². The Bertz CT molecular complexity index is 204. The second-order valence-corrected chi connectivity index (χ2v) is 5.60. The summed E-state index contributed by atoms with van der Waals surface area (Å²) in [5.41, 5.74) is 0.0258. The molecule has 4 aliphatic rings. The highest BCUT2D eigenvalue weighted by atomic mass is 31.1. The van der Waals surface area contributed by atoms with Crippen molar-refractivity contribution in [2.45, 2.75) is 44.1 Å². The van der Waals surface area contributed by atoms with Gasteiger partial charge in [-0.15, -0.1) is 0 Å². The number of hydrogen-bond donors (Lipinski definition) is 0. The molecule has 0 aromatic rings. The Kier molecular flexibility index (Phi) is 1.79. The topological polar surface area (TPSA) is 26.3 Å². The average Bonchev–Trinajstić information content (AvgIpc) is 2.00. The van der Waals surface area contributed by atoms with Crippen LogP contribution in [0, 0.1) is 17.8 Å². The molecule has 4 aliphatic carbocycles. The summed E-state index contributed by atoms with van der Waals surface area (Å²) in [6.07, 6.45) is 7.77. The van der Waals surface area contributed by atoms with Gasteiger partial charge in [0.25, 0.3) is 0 Å². The fraction of sp³-hybridized carbons (Fsp3) is 1.00. The van der Waals surface area contributed by atoms with E-state index in [1.165, 1.54) is 38.5 Å². The average molecular weight is 198 g/mol. The van der Waals surface area contributed by atoms with Crippen molar-refractivity contribution in [2.75, 3.05) is 0 Å². The first kappa shape index (κ1) is 8.38. The highest BCUT2D eigenvalue weighted by molar-refractivity contribution is 7.17. The van der Waals surface area contributed by atoms with Crippen LogP contribution < -0.4 is 0 Å². The summed E-state index contributed by atoms with van der Waals surface area (Å²) in [7, 11) is -0.105. The van der Waals surface area contributed by atoms with Gasteiger partial charge >= 0.3 is 8.69 Å². The first-order chi connectivity index (χ1) is 6.30. The molecule has 4 rings (SSSR count). The number of rotatable bonds is 2. The van der Waals surface area contributed by atoms with Crippen LogP contribution in [0.5, 0.6) is 0 Å². The highest BCUT2D eigenvalue weighted by Crippen LogP contribution is 2.57. The lowest BCUT2D eigenvalue weighted by molar-refractivity contribution is -0.102. The molecule has 2 nitrogen and oxygen atoms in total. The molecule has 0 saturated heterocycles. The molecule has 4 fully saturated rings. The maximum atomic E-state index is 10.6. The Morgan fingerprint density at radius 2 is 1.46 bits per heavy atom. The zero-order chi connectivity index (χ0) is 8.89. The van der Waals surface area contributed by atoms with Gasteiger partial charge in [-0.2, -0.15) is 0 Å². The van der Waals surface area contributed by atoms with E-state index in [-0.39, 0.29) is 14.3 Å². The van der Waals surface area contributed by atoms with Crippen molar-refractivity contribution in [1.29, 1.82) is 0 Å². The summed E-state index contributed by atoms with van der Waals surface area (Å²) < 4.78 is 16.0. The summed E-state index contributed by atoms with van der Waals surface area (Å²) in [5, 5.41) is 0. The van der Waals surface area contributed by atoms with Crippen LogP contribution in [0.15, 0.2) is 0 Å². The maximum Gasteiger partial charge on any atom is 0.327 e. The van der Waals surface area contributed by atoms with E-state index in [4.69, 9.17) is 4.52 Å². The van der Waals surface area contributed by atoms with Gasteiger partial charge in [-0.3, -0.25) is 4.52 Å². The van der Waals surface area contributed by atoms with E-state index in [9.17, 15) is 4.57 Å². The van der Waals surface area contributed by atoms with Gasteiger partial charge in [-0.05, 0) is 56.3 Å². The molecule has 0 spiro atoms. The number of hydrogen-bond acceptors (Lipinski definition) is 2. The molecule has 72 valence electrons. The van der Waals surface area contributed by atoms with Crippen LogP contribution in [0.1, 0.15) is 38.5 Å². The summed E-state index contributed by atoms with van der Waals surface area (Å²) >= 11 is 0. The lowest BCUT2D eigenvalue weighted by atomic mass is 9.54. The molecule has 0 N–H and O–H groups in total. The van der Waals surface area contributed by atoms with Crippen LogP contribution in [-0.4, -0.2) is 5.60 Å². The van der Waals surface area contributed by atoms with Crippen LogP contribution in [-0.2, 0) is 9.09 Å². The largest absolute Gasteiger partial charge is 0.327 e. The van der Waals surface area contributed by atoms with Crippen molar-refractivity contribution in [2.24, 2.45) is 17.8 Å². The van der Waals surface area contributed by atoms with Crippen molar-refractivity contribution >= 4 is 8.69 Å². The molecule has 3 heteroatoms. The van der Waals surface area contributed by atoms with Crippen LogP contribution in [0.4, 0.5) is 0 Å². The molecule has 4 bridgehead atoms. The molecule has 4 saturated carbocycles. The first-order valence-electron chi connectivity index (χ1n) is 5.30. The molecular weight excluding hydrogens is 183 g/mol. The maximum absolute atomic E-state index is 10.6. The Morgan fingerprint density at radius 1 is 1.00 bits per heavy atom. The highest BCUT2D eigenvalue weighted by Gasteiger charge is 2.52. The van der Waals surface area contributed by atoms with E-state index in [0.29, 0.717) is 0 Å². The van der Waals surface area contributed by atoms with Gasteiger partial charge in [0.1, 0.15) is 0 Å². The molecule has 0 aromatic heterocycles. The third-order valence-electron chi connectivity index (χ3n) is 4.21. The van der Waals surface area contributed by atoms with Crippen LogP contribution in [0.3, 0.4) is 0 Å². The Morgan fingerprint density at radius 3 is 1.85 bits per heavy atom. The van der Waals surface area contributed by atoms with Crippen LogP contribution in [0.25, 0.3) is 0 Å². The second-order valence-electron chi connectivity index (χ2n) is 5.27. The Hall–Kier alpha value is 0.0600. The van der Waals surface area contributed by atoms with Crippen LogP contribution >= 0.6 is 8.69 Å². The van der Waals surface area contributed by atoms with Crippen molar-refractivity contribution in [1.82, 2.24) is 0 Å². The summed E-state index contributed by atoms with van der Waals surface area (Å²) in [4.78, 5) is 0. The van der Waals surface area contributed by atoms with Crippen molar-refractivity contribution < 1.29 is 9.09 Å². The van der Waals surface area contributed by atoms with E-state index >= 15 is 0 Å². The van der Waals surface area contributed by atoms with Gasteiger partial charge < -0.3 is 0 Å². The van der Waals surface area contributed by atoms with E-state index in [0.717, 1.165) is 17.8 Å². The van der Waals surface area contributed by atoms with E-state index in [1.807, 2.05) is 0 Å². The third-order valence-corrected chi connectivity index (χ3v) is 4.67. The van der Waals surface area contributed by atoms with Crippen LogP contribution in [0.2, 0.25) is 0 Å². The quantitative estimate of drug-likeness (QED) is 0.637. The Balaban J connectivity index is 1.87. The van der Waals surface area contributed by atoms with Crippen molar-refractivity contribution in [3.05, 3.63) is 0 Å². The smallest absolute Gasteiger partial charge is 0.288 e. The molecule has 0 radical (unpaired) electrons. The zero-order valence-electron chi connectivity index (χ0n) is 7.74. The SMILES string of the molecule is O=POC12CC3CC(CC(C3)C1)C2. The van der Waals surface area contributed by atoms with Gasteiger partial charge in [-0.1, -0.05) is 0 Å². The van der Waals surface area contributed by atoms with Crippen molar-refractivity contribution in [3.63, 3.8) is 0 Å². The zero-order valence-corrected chi connectivity index (χ0v) is 8.63. The summed E-state index contributed by atoms with van der Waals surface area (Å²) in [6.45, 7) is 0. The van der Waals surface area contributed by atoms with E-state index in [2.05, 4.69) is 0 Å². The molecule has 0 unspecified atom stereocenters. The van der Waals surface area contributed by atoms with Gasteiger partial charge in [0.05, 0.1) is 5.60 Å². The summed E-state index contributed by atoms with van der Waals surface area (Å²) in [5.74, 6) is 2.65. The molecule has 0 aromatic carbocycles. The first-order valence-corrected chi connectivity index (χ1v) is 6.03. The van der Waals surface area contributed by atoms with E-state index in [1.54, 1.807) is 0 Å². The minimum absolute atomic E-state index is 0.0258. The molecule has 0 amide bonds. The van der Waals surface area contributed by atoms with Gasteiger partial charge in [0, 0.05) is 0 Å². The van der Waals surface area contributed by atoms with Gasteiger partial charge in [-0.25, -0.2) is 4.57 Å². The minimum atomic E-state index is -0.105. The molecular formula is C10H15O2P.